The minimum atomic E-state index is -4.13. The molecule has 1 rings (SSSR count). The van der Waals surface area contributed by atoms with Crippen LogP contribution in [0.1, 0.15) is 12.0 Å². The van der Waals surface area contributed by atoms with E-state index in [9.17, 15) is 13.2 Å². The fourth-order valence-electron chi connectivity index (χ4n) is 1.10. The van der Waals surface area contributed by atoms with Gasteiger partial charge in [-0.05, 0) is 24.6 Å². The molecule has 1 nitrogen and oxygen atoms in total. The summed E-state index contributed by atoms with van der Waals surface area (Å²) < 4.78 is 35.6. The molecule has 5 heteroatoms. The third kappa shape index (κ3) is 4.42. The molecule has 0 saturated heterocycles. The van der Waals surface area contributed by atoms with Gasteiger partial charge in [0.25, 0.3) is 0 Å². The maximum Gasteiger partial charge on any atom is 0.390 e. The van der Waals surface area contributed by atoms with Crippen LogP contribution in [0, 0.1) is 6.92 Å². The summed E-state index contributed by atoms with van der Waals surface area (Å²) in [4.78, 5) is 0. The average molecular weight is 238 g/mol. The van der Waals surface area contributed by atoms with Crippen LogP contribution in [0.15, 0.2) is 18.2 Å². The highest BCUT2D eigenvalue weighted by molar-refractivity contribution is 6.33. The van der Waals surface area contributed by atoms with Gasteiger partial charge in [-0.1, -0.05) is 17.7 Å². The minimum Gasteiger partial charge on any atom is -0.384 e. The Labute approximate surface area is 91.2 Å². The molecule has 0 aliphatic heterocycles. The van der Waals surface area contributed by atoms with E-state index in [1.165, 1.54) is 0 Å². The number of nitrogens with one attached hydrogen (secondary N) is 1. The Kier molecular flexibility index (Phi) is 3.85. The van der Waals surface area contributed by atoms with E-state index in [-0.39, 0.29) is 6.54 Å². The Bertz CT molecular complexity index is 336. The van der Waals surface area contributed by atoms with Crippen LogP contribution in [0.5, 0.6) is 0 Å². The lowest BCUT2D eigenvalue weighted by Gasteiger charge is -2.10. The highest BCUT2D eigenvalue weighted by Gasteiger charge is 2.26. The van der Waals surface area contributed by atoms with Gasteiger partial charge < -0.3 is 5.32 Å². The zero-order valence-corrected chi connectivity index (χ0v) is 8.91. The summed E-state index contributed by atoms with van der Waals surface area (Å²) in [6.07, 6.45) is -5.00. The van der Waals surface area contributed by atoms with Crippen molar-refractivity contribution in [2.75, 3.05) is 11.9 Å². The van der Waals surface area contributed by atoms with Crippen molar-refractivity contribution >= 4 is 17.3 Å². The second-order valence-electron chi connectivity index (χ2n) is 3.28. The molecule has 0 heterocycles. The summed E-state index contributed by atoms with van der Waals surface area (Å²) in [5, 5.41) is 3.09. The topological polar surface area (TPSA) is 12.0 Å². The summed E-state index contributed by atoms with van der Waals surface area (Å²) in [5.41, 5.74) is 1.51. The van der Waals surface area contributed by atoms with E-state index in [2.05, 4.69) is 5.32 Å². The lowest BCUT2D eigenvalue weighted by Crippen LogP contribution is -2.14. The molecule has 0 atom stereocenters. The molecule has 0 fully saturated rings. The van der Waals surface area contributed by atoms with Gasteiger partial charge in [-0.3, -0.25) is 0 Å². The molecular weight excluding hydrogens is 227 g/mol. The van der Waals surface area contributed by atoms with E-state index in [1.54, 1.807) is 18.2 Å². The van der Waals surface area contributed by atoms with Crippen LogP contribution in [0.3, 0.4) is 0 Å². The normalized spacial score (nSPS) is 11.5. The van der Waals surface area contributed by atoms with Crippen molar-refractivity contribution in [3.8, 4) is 0 Å². The second kappa shape index (κ2) is 4.75. The predicted molar refractivity (Wildman–Crippen MR) is 55.4 cm³/mol. The van der Waals surface area contributed by atoms with E-state index in [0.717, 1.165) is 5.56 Å². The fourth-order valence-corrected chi connectivity index (χ4v) is 1.40. The average Bonchev–Trinajstić information content (AvgIpc) is 2.07. The van der Waals surface area contributed by atoms with Crippen molar-refractivity contribution in [1.82, 2.24) is 0 Å². The number of rotatable bonds is 3. The van der Waals surface area contributed by atoms with Gasteiger partial charge in [0.05, 0.1) is 17.1 Å². The first-order chi connectivity index (χ1) is 6.88. The number of hydrogen-bond acceptors (Lipinski definition) is 1. The maximum absolute atomic E-state index is 11.9. The van der Waals surface area contributed by atoms with Gasteiger partial charge in [-0.2, -0.15) is 13.2 Å². The fraction of sp³-hybridized carbons (Fsp3) is 0.400. The first-order valence-corrected chi connectivity index (χ1v) is 4.83. The highest BCUT2D eigenvalue weighted by Crippen LogP contribution is 2.24. The number of hydrogen-bond donors (Lipinski definition) is 1. The maximum atomic E-state index is 11.9. The van der Waals surface area contributed by atoms with E-state index >= 15 is 0 Å². The molecule has 0 saturated carbocycles. The van der Waals surface area contributed by atoms with Gasteiger partial charge in [-0.25, -0.2) is 0 Å². The Morgan fingerprint density at radius 1 is 1.33 bits per heavy atom. The van der Waals surface area contributed by atoms with Crippen LogP contribution in [0.2, 0.25) is 5.02 Å². The van der Waals surface area contributed by atoms with Crippen LogP contribution in [0.4, 0.5) is 18.9 Å². The van der Waals surface area contributed by atoms with Crippen molar-refractivity contribution in [2.45, 2.75) is 19.5 Å². The number of halogens is 4. The van der Waals surface area contributed by atoms with Gasteiger partial charge in [0.1, 0.15) is 0 Å². The Morgan fingerprint density at radius 3 is 2.53 bits per heavy atom. The molecule has 0 bridgehead atoms. The first kappa shape index (κ1) is 12.2. The zero-order chi connectivity index (χ0) is 11.5. The Hall–Kier alpha value is -0.900. The summed E-state index contributed by atoms with van der Waals surface area (Å²) in [7, 11) is 0. The van der Waals surface area contributed by atoms with Gasteiger partial charge in [0, 0.05) is 6.54 Å². The molecule has 15 heavy (non-hydrogen) atoms. The molecular formula is C10H11ClF3N. The molecule has 1 N–H and O–H groups in total. The molecule has 1 aromatic rings. The van der Waals surface area contributed by atoms with Gasteiger partial charge in [-0.15, -0.1) is 0 Å². The summed E-state index contributed by atoms with van der Waals surface area (Å²) in [6.45, 7) is 1.71. The molecule has 0 aromatic heterocycles. The first-order valence-electron chi connectivity index (χ1n) is 4.45. The molecule has 0 aliphatic carbocycles. The van der Waals surface area contributed by atoms with E-state index in [0.29, 0.717) is 10.7 Å². The molecule has 0 unspecified atom stereocenters. The number of alkyl halides is 3. The van der Waals surface area contributed by atoms with Crippen molar-refractivity contribution in [1.29, 1.82) is 0 Å². The molecule has 0 radical (unpaired) electrons. The zero-order valence-electron chi connectivity index (χ0n) is 8.16. The molecule has 0 aliphatic rings. The van der Waals surface area contributed by atoms with Crippen molar-refractivity contribution in [2.24, 2.45) is 0 Å². The van der Waals surface area contributed by atoms with Crippen LogP contribution in [-0.2, 0) is 0 Å². The lowest BCUT2D eigenvalue weighted by molar-refractivity contribution is -0.131. The third-order valence-electron chi connectivity index (χ3n) is 1.85. The molecule has 1 aromatic carbocycles. The summed E-state index contributed by atoms with van der Waals surface area (Å²) in [6, 6.07) is 5.17. The molecule has 84 valence electrons. The Balaban J connectivity index is 2.51. The quantitative estimate of drug-likeness (QED) is 0.838. The predicted octanol–water partition coefficient (Wildman–Crippen LogP) is 4.01. The van der Waals surface area contributed by atoms with Crippen molar-refractivity contribution in [3.05, 3.63) is 28.8 Å². The Morgan fingerprint density at radius 2 is 2.00 bits per heavy atom. The van der Waals surface area contributed by atoms with Crippen LogP contribution >= 0.6 is 11.6 Å². The van der Waals surface area contributed by atoms with Crippen LogP contribution in [-0.4, -0.2) is 12.7 Å². The van der Waals surface area contributed by atoms with Gasteiger partial charge >= 0.3 is 6.18 Å². The summed E-state index contributed by atoms with van der Waals surface area (Å²) in [5.74, 6) is 0. The smallest absolute Gasteiger partial charge is 0.384 e. The van der Waals surface area contributed by atoms with Crippen LogP contribution in [0.25, 0.3) is 0 Å². The second-order valence-corrected chi connectivity index (χ2v) is 3.68. The van der Waals surface area contributed by atoms with Gasteiger partial charge in [0.2, 0.25) is 0 Å². The third-order valence-corrected chi connectivity index (χ3v) is 2.16. The SMILES string of the molecule is Cc1ccc(NCCC(F)(F)F)c(Cl)c1. The standard InChI is InChI=1S/C10H11ClF3N/c1-7-2-3-9(8(11)6-7)15-5-4-10(12,13)14/h2-3,6,15H,4-5H2,1H3. The number of anilines is 1. The van der Waals surface area contributed by atoms with E-state index in [1.807, 2.05) is 6.92 Å². The lowest BCUT2D eigenvalue weighted by atomic mass is 10.2. The minimum absolute atomic E-state index is 0.160. The largest absolute Gasteiger partial charge is 0.390 e. The molecule has 0 spiro atoms. The van der Waals surface area contributed by atoms with E-state index in [4.69, 9.17) is 11.6 Å². The van der Waals surface area contributed by atoms with Crippen molar-refractivity contribution < 1.29 is 13.2 Å². The van der Waals surface area contributed by atoms with E-state index < -0.39 is 12.6 Å². The highest BCUT2D eigenvalue weighted by atomic mass is 35.5. The van der Waals surface area contributed by atoms with Gasteiger partial charge in [0.15, 0.2) is 0 Å². The summed E-state index contributed by atoms with van der Waals surface area (Å²) >= 11 is 5.84. The van der Waals surface area contributed by atoms with Crippen molar-refractivity contribution in [3.63, 3.8) is 0 Å². The molecule has 0 amide bonds. The monoisotopic (exact) mass is 237 g/mol. The number of aryl methyl sites for hydroxylation is 1. The van der Waals surface area contributed by atoms with Crippen LogP contribution < -0.4 is 5.32 Å². The number of benzene rings is 1.